The van der Waals surface area contributed by atoms with E-state index in [-0.39, 0.29) is 0 Å². The Labute approximate surface area is 148 Å². The number of benzene rings is 1. The quantitative estimate of drug-likeness (QED) is 0.841. The monoisotopic (exact) mass is 340 g/mol. The van der Waals surface area contributed by atoms with Gasteiger partial charge < -0.3 is 4.57 Å². The summed E-state index contributed by atoms with van der Waals surface area (Å²) in [6.07, 6.45) is 0. The molecular weight excluding hydrogens is 316 g/mol. The number of aromatic nitrogens is 1. The van der Waals surface area contributed by atoms with E-state index in [1.54, 1.807) is 11.8 Å². The minimum atomic E-state index is 0.697. The fourth-order valence-corrected chi connectivity index (χ4v) is 3.94. The molecule has 0 amide bonds. The summed E-state index contributed by atoms with van der Waals surface area (Å²) >= 11 is 1.76. The SMILES string of the molecule is CCn1c(C)cc(C2=NN(C)C(=NCc3ccccc3)SC2)c1C. The molecule has 5 heteroatoms. The summed E-state index contributed by atoms with van der Waals surface area (Å²) in [4.78, 5) is 4.72. The van der Waals surface area contributed by atoms with E-state index >= 15 is 0 Å². The van der Waals surface area contributed by atoms with Crippen LogP contribution in [0, 0.1) is 13.8 Å². The standard InChI is InChI=1S/C19H24N4S/c1-5-23-14(2)11-17(15(23)3)18-13-24-19(22(4)21-18)20-12-16-9-7-6-8-10-16/h6-11H,5,12-13H2,1-4H3. The molecule has 0 saturated heterocycles. The molecule has 1 aliphatic heterocycles. The number of amidine groups is 1. The number of thioether (sulfide) groups is 1. The van der Waals surface area contributed by atoms with Crippen LogP contribution in [0.15, 0.2) is 46.5 Å². The van der Waals surface area contributed by atoms with E-state index < -0.39 is 0 Å². The fraction of sp³-hybridized carbons (Fsp3) is 0.368. The smallest absolute Gasteiger partial charge is 0.180 e. The Balaban J connectivity index is 1.78. The third kappa shape index (κ3) is 3.41. The number of aryl methyl sites for hydroxylation is 1. The van der Waals surface area contributed by atoms with Gasteiger partial charge in [0.15, 0.2) is 5.17 Å². The fourth-order valence-electron chi connectivity index (χ4n) is 3.08. The van der Waals surface area contributed by atoms with Crippen LogP contribution in [0.1, 0.15) is 29.4 Å². The van der Waals surface area contributed by atoms with Gasteiger partial charge >= 0.3 is 0 Å². The highest BCUT2D eigenvalue weighted by Gasteiger charge is 2.21. The number of hydrogen-bond acceptors (Lipinski definition) is 3. The van der Waals surface area contributed by atoms with E-state index in [1.165, 1.54) is 22.5 Å². The maximum atomic E-state index is 4.78. The predicted molar refractivity (Wildman–Crippen MR) is 104 cm³/mol. The third-order valence-electron chi connectivity index (χ3n) is 4.33. The van der Waals surface area contributed by atoms with Crippen LogP contribution in [0.3, 0.4) is 0 Å². The van der Waals surface area contributed by atoms with Crippen molar-refractivity contribution in [2.45, 2.75) is 33.9 Å². The van der Waals surface area contributed by atoms with Gasteiger partial charge in [-0.05, 0) is 32.4 Å². The van der Waals surface area contributed by atoms with Crippen LogP contribution in [-0.4, -0.2) is 33.3 Å². The number of hydrazone groups is 1. The molecule has 0 bridgehead atoms. The molecule has 1 aromatic heterocycles. The minimum Gasteiger partial charge on any atom is -0.349 e. The molecule has 0 saturated carbocycles. The zero-order chi connectivity index (χ0) is 17.1. The first-order valence-electron chi connectivity index (χ1n) is 8.29. The molecule has 0 unspecified atom stereocenters. The van der Waals surface area contributed by atoms with Gasteiger partial charge in [-0.25, -0.2) is 5.01 Å². The normalized spacial score (nSPS) is 16.6. The van der Waals surface area contributed by atoms with Crippen LogP contribution in [-0.2, 0) is 13.1 Å². The zero-order valence-electron chi connectivity index (χ0n) is 14.8. The van der Waals surface area contributed by atoms with Crippen LogP contribution >= 0.6 is 11.8 Å². The van der Waals surface area contributed by atoms with E-state index in [9.17, 15) is 0 Å². The third-order valence-corrected chi connectivity index (χ3v) is 5.40. The highest BCUT2D eigenvalue weighted by atomic mass is 32.2. The van der Waals surface area contributed by atoms with Gasteiger partial charge in [-0.1, -0.05) is 42.1 Å². The first-order valence-corrected chi connectivity index (χ1v) is 9.28. The van der Waals surface area contributed by atoms with Crippen molar-refractivity contribution < 1.29 is 0 Å². The van der Waals surface area contributed by atoms with Crippen molar-refractivity contribution in [1.82, 2.24) is 9.58 Å². The molecule has 1 aliphatic rings. The van der Waals surface area contributed by atoms with Gasteiger partial charge in [0.05, 0.1) is 12.3 Å². The molecule has 0 radical (unpaired) electrons. The van der Waals surface area contributed by atoms with E-state index in [2.05, 4.69) is 43.5 Å². The van der Waals surface area contributed by atoms with Crippen LogP contribution in [0.4, 0.5) is 0 Å². The highest BCUT2D eigenvalue weighted by molar-refractivity contribution is 8.14. The molecule has 24 heavy (non-hydrogen) atoms. The van der Waals surface area contributed by atoms with Gasteiger partial charge in [0.2, 0.25) is 0 Å². The molecule has 4 nitrogen and oxygen atoms in total. The highest BCUT2D eigenvalue weighted by Crippen LogP contribution is 2.23. The summed E-state index contributed by atoms with van der Waals surface area (Å²) in [6, 6.07) is 12.6. The Morgan fingerprint density at radius 3 is 2.58 bits per heavy atom. The first kappa shape index (κ1) is 16.8. The molecule has 2 aromatic rings. The maximum Gasteiger partial charge on any atom is 0.180 e. The van der Waals surface area contributed by atoms with E-state index in [0.29, 0.717) is 6.54 Å². The Bertz CT molecular complexity index is 774. The molecule has 0 aliphatic carbocycles. The minimum absolute atomic E-state index is 0.697. The van der Waals surface area contributed by atoms with E-state index in [0.717, 1.165) is 23.2 Å². The summed E-state index contributed by atoms with van der Waals surface area (Å²) in [5.74, 6) is 0.867. The Hall–Kier alpha value is -2.01. The van der Waals surface area contributed by atoms with Crippen LogP contribution in [0.2, 0.25) is 0 Å². The molecule has 0 spiro atoms. The first-order chi connectivity index (χ1) is 11.6. The Morgan fingerprint density at radius 2 is 1.96 bits per heavy atom. The second-order valence-electron chi connectivity index (χ2n) is 5.97. The molecule has 3 rings (SSSR count). The number of nitrogens with zero attached hydrogens (tertiary/aromatic N) is 4. The molecule has 0 N–H and O–H groups in total. The lowest BCUT2D eigenvalue weighted by Crippen LogP contribution is -2.28. The largest absolute Gasteiger partial charge is 0.349 e. The van der Waals surface area contributed by atoms with Crippen LogP contribution < -0.4 is 0 Å². The molecular formula is C19H24N4S. The number of rotatable bonds is 4. The average Bonchev–Trinajstić information content (AvgIpc) is 2.88. The maximum absolute atomic E-state index is 4.78. The van der Waals surface area contributed by atoms with Gasteiger partial charge in [0.25, 0.3) is 0 Å². The van der Waals surface area contributed by atoms with Crippen molar-refractivity contribution in [3.63, 3.8) is 0 Å². The van der Waals surface area contributed by atoms with E-state index in [4.69, 9.17) is 10.1 Å². The van der Waals surface area contributed by atoms with Crippen molar-refractivity contribution in [2.75, 3.05) is 12.8 Å². The lowest BCUT2D eigenvalue weighted by Gasteiger charge is -2.22. The summed E-state index contributed by atoms with van der Waals surface area (Å²) < 4.78 is 2.33. The Kier molecular flexibility index (Phi) is 5.09. The van der Waals surface area contributed by atoms with Crippen molar-refractivity contribution in [2.24, 2.45) is 10.1 Å². The van der Waals surface area contributed by atoms with Crippen molar-refractivity contribution >= 4 is 22.6 Å². The summed E-state index contributed by atoms with van der Waals surface area (Å²) in [7, 11) is 1.98. The Morgan fingerprint density at radius 1 is 1.21 bits per heavy atom. The van der Waals surface area contributed by atoms with Crippen molar-refractivity contribution in [1.29, 1.82) is 0 Å². The van der Waals surface area contributed by atoms with Crippen molar-refractivity contribution in [3.8, 4) is 0 Å². The molecule has 1 aromatic carbocycles. The lowest BCUT2D eigenvalue weighted by molar-refractivity contribution is 0.550. The molecule has 0 fully saturated rings. The second-order valence-corrected chi connectivity index (χ2v) is 6.91. The van der Waals surface area contributed by atoms with Gasteiger partial charge in [-0.15, -0.1) is 0 Å². The number of aliphatic imine (C=N–C) groups is 1. The lowest BCUT2D eigenvalue weighted by atomic mass is 10.1. The van der Waals surface area contributed by atoms with Gasteiger partial charge in [-0.3, -0.25) is 4.99 Å². The predicted octanol–water partition coefficient (Wildman–Crippen LogP) is 4.06. The van der Waals surface area contributed by atoms with E-state index in [1.807, 2.05) is 30.3 Å². The van der Waals surface area contributed by atoms with Crippen molar-refractivity contribution in [3.05, 3.63) is 58.9 Å². The second kappa shape index (κ2) is 7.26. The van der Waals surface area contributed by atoms with Crippen LogP contribution in [0.5, 0.6) is 0 Å². The molecule has 2 heterocycles. The zero-order valence-corrected chi connectivity index (χ0v) is 15.6. The van der Waals surface area contributed by atoms with Gasteiger partial charge in [-0.2, -0.15) is 5.10 Å². The summed E-state index contributed by atoms with van der Waals surface area (Å²) in [5, 5.41) is 7.67. The topological polar surface area (TPSA) is 32.9 Å². The summed E-state index contributed by atoms with van der Waals surface area (Å²) in [6.45, 7) is 8.22. The number of hydrogen-bond donors (Lipinski definition) is 0. The van der Waals surface area contributed by atoms with Gasteiger partial charge in [0, 0.05) is 36.3 Å². The molecule has 126 valence electrons. The molecule has 0 atom stereocenters. The average molecular weight is 340 g/mol. The summed E-state index contributed by atoms with van der Waals surface area (Å²) in [5.41, 5.74) is 6.21. The van der Waals surface area contributed by atoms with Crippen LogP contribution in [0.25, 0.3) is 0 Å². The van der Waals surface area contributed by atoms with Gasteiger partial charge in [0.1, 0.15) is 0 Å².